The van der Waals surface area contributed by atoms with E-state index in [9.17, 15) is 5.11 Å². The average molecular weight is 304 g/mol. The van der Waals surface area contributed by atoms with Gasteiger partial charge in [0.2, 0.25) is 0 Å². The number of aromatic nitrogens is 3. The Balaban J connectivity index is 1.67. The van der Waals surface area contributed by atoms with Crippen molar-refractivity contribution in [3.8, 4) is 11.5 Å². The smallest absolute Gasteiger partial charge is 0.259 e. The highest BCUT2D eigenvalue weighted by Crippen LogP contribution is 2.22. The summed E-state index contributed by atoms with van der Waals surface area (Å²) in [5.41, 5.74) is 0.803. The van der Waals surface area contributed by atoms with Crippen molar-refractivity contribution in [3.05, 3.63) is 24.2 Å². The van der Waals surface area contributed by atoms with E-state index in [1.165, 1.54) is 0 Å². The molecule has 3 heterocycles. The molecule has 0 aliphatic carbocycles. The van der Waals surface area contributed by atoms with E-state index in [4.69, 9.17) is 9.26 Å². The molecule has 1 N–H and O–H groups in total. The molecular formula is C15H20N4O3. The van der Waals surface area contributed by atoms with Crippen LogP contribution in [-0.2, 0) is 11.2 Å². The van der Waals surface area contributed by atoms with Gasteiger partial charge in [0, 0.05) is 32.8 Å². The second-order valence-electron chi connectivity index (χ2n) is 5.38. The molecule has 1 aliphatic rings. The van der Waals surface area contributed by atoms with Gasteiger partial charge in [-0.25, -0.2) is 4.98 Å². The summed E-state index contributed by atoms with van der Waals surface area (Å²) >= 11 is 0. The Morgan fingerprint density at radius 1 is 1.36 bits per heavy atom. The summed E-state index contributed by atoms with van der Waals surface area (Å²) in [4.78, 5) is 11.0. The molecule has 118 valence electrons. The van der Waals surface area contributed by atoms with Crippen molar-refractivity contribution in [2.75, 3.05) is 31.7 Å². The van der Waals surface area contributed by atoms with Crippen molar-refractivity contribution in [1.82, 2.24) is 15.1 Å². The fourth-order valence-corrected chi connectivity index (χ4v) is 2.46. The van der Waals surface area contributed by atoms with E-state index in [1.807, 2.05) is 12.1 Å². The standard InChI is InChI=1S/C15H20N4O3/c1-21-9-6-13-17-15(22-18-13)11-2-3-14(16-10-11)19-7-4-12(20)5-8-19/h2-3,10,12,20H,4-9H2,1H3. The molecule has 0 atom stereocenters. The Morgan fingerprint density at radius 3 is 2.86 bits per heavy atom. The molecule has 7 heteroatoms. The zero-order valence-electron chi connectivity index (χ0n) is 12.6. The van der Waals surface area contributed by atoms with Crippen LogP contribution in [0.1, 0.15) is 18.7 Å². The lowest BCUT2D eigenvalue weighted by molar-refractivity contribution is 0.145. The molecule has 7 nitrogen and oxygen atoms in total. The van der Waals surface area contributed by atoms with E-state index in [0.29, 0.717) is 24.7 Å². The molecule has 0 aromatic carbocycles. The maximum atomic E-state index is 9.55. The zero-order valence-corrected chi connectivity index (χ0v) is 12.6. The van der Waals surface area contributed by atoms with E-state index in [0.717, 1.165) is 37.3 Å². The number of methoxy groups -OCH3 is 1. The Hall–Kier alpha value is -1.99. The Morgan fingerprint density at radius 2 is 2.18 bits per heavy atom. The summed E-state index contributed by atoms with van der Waals surface area (Å²) in [5.74, 6) is 2.01. The van der Waals surface area contributed by atoms with Crippen LogP contribution < -0.4 is 4.90 Å². The van der Waals surface area contributed by atoms with Gasteiger partial charge in [0.1, 0.15) is 5.82 Å². The van der Waals surface area contributed by atoms with Crippen LogP contribution in [0.4, 0.5) is 5.82 Å². The van der Waals surface area contributed by atoms with Gasteiger partial charge >= 0.3 is 0 Å². The first-order valence-corrected chi connectivity index (χ1v) is 7.47. The van der Waals surface area contributed by atoms with Crippen molar-refractivity contribution in [1.29, 1.82) is 0 Å². The second kappa shape index (κ2) is 6.85. The molecule has 22 heavy (non-hydrogen) atoms. The first kappa shape index (κ1) is 14.9. The summed E-state index contributed by atoms with van der Waals surface area (Å²) in [6.07, 6.45) is 3.76. The van der Waals surface area contributed by atoms with Crippen molar-refractivity contribution >= 4 is 5.82 Å². The number of hydrogen-bond donors (Lipinski definition) is 1. The number of aliphatic hydroxyl groups excluding tert-OH is 1. The predicted molar refractivity (Wildman–Crippen MR) is 80.6 cm³/mol. The predicted octanol–water partition coefficient (Wildman–Crippen LogP) is 1.28. The summed E-state index contributed by atoms with van der Waals surface area (Å²) in [6, 6.07) is 3.88. The van der Waals surface area contributed by atoms with E-state index >= 15 is 0 Å². The number of aliphatic hydroxyl groups is 1. The Labute approximate surface area is 128 Å². The topological polar surface area (TPSA) is 84.5 Å². The van der Waals surface area contributed by atoms with Gasteiger partial charge in [-0.3, -0.25) is 0 Å². The fourth-order valence-electron chi connectivity index (χ4n) is 2.46. The van der Waals surface area contributed by atoms with E-state index < -0.39 is 0 Å². The molecule has 3 rings (SSSR count). The van der Waals surface area contributed by atoms with Crippen molar-refractivity contribution in [3.63, 3.8) is 0 Å². The first-order valence-electron chi connectivity index (χ1n) is 7.47. The number of piperidine rings is 1. The zero-order chi connectivity index (χ0) is 15.4. The fraction of sp³-hybridized carbons (Fsp3) is 0.533. The van der Waals surface area contributed by atoms with Gasteiger partial charge in [-0.2, -0.15) is 4.98 Å². The molecule has 0 amide bonds. The highest BCUT2D eigenvalue weighted by molar-refractivity contribution is 5.54. The summed E-state index contributed by atoms with van der Waals surface area (Å²) in [7, 11) is 1.64. The minimum Gasteiger partial charge on any atom is -0.393 e. The molecule has 0 spiro atoms. The molecule has 2 aromatic rings. The van der Waals surface area contributed by atoms with Gasteiger partial charge < -0.3 is 19.3 Å². The lowest BCUT2D eigenvalue weighted by Crippen LogP contribution is -2.36. The third kappa shape index (κ3) is 3.42. The highest BCUT2D eigenvalue weighted by Gasteiger charge is 2.18. The van der Waals surface area contributed by atoms with Crippen LogP contribution >= 0.6 is 0 Å². The Bertz CT molecular complexity index is 591. The minimum absolute atomic E-state index is 0.181. The molecule has 0 unspecified atom stereocenters. The molecular weight excluding hydrogens is 284 g/mol. The number of rotatable bonds is 5. The van der Waals surface area contributed by atoms with E-state index in [2.05, 4.69) is 20.0 Å². The van der Waals surface area contributed by atoms with Gasteiger partial charge in [0.05, 0.1) is 18.3 Å². The van der Waals surface area contributed by atoms with Gasteiger partial charge in [0.25, 0.3) is 5.89 Å². The summed E-state index contributed by atoms with van der Waals surface area (Å²) < 4.78 is 10.2. The molecule has 0 bridgehead atoms. The van der Waals surface area contributed by atoms with Crippen LogP contribution in [0.5, 0.6) is 0 Å². The molecule has 2 aromatic heterocycles. The third-order valence-electron chi connectivity index (χ3n) is 3.78. The number of pyridine rings is 1. The van der Waals surface area contributed by atoms with Crippen LogP contribution in [0.15, 0.2) is 22.9 Å². The van der Waals surface area contributed by atoms with E-state index in [-0.39, 0.29) is 6.10 Å². The number of ether oxygens (including phenoxy) is 1. The van der Waals surface area contributed by atoms with Crippen LogP contribution in [0.2, 0.25) is 0 Å². The van der Waals surface area contributed by atoms with Crippen molar-refractivity contribution < 1.29 is 14.4 Å². The SMILES string of the molecule is COCCc1noc(-c2ccc(N3CCC(O)CC3)nc2)n1. The van der Waals surface area contributed by atoms with Crippen LogP contribution in [0.3, 0.4) is 0 Å². The van der Waals surface area contributed by atoms with Crippen LogP contribution in [0.25, 0.3) is 11.5 Å². The van der Waals surface area contributed by atoms with Gasteiger partial charge in [-0.15, -0.1) is 0 Å². The number of hydrogen-bond acceptors (Lipinski definition) is 7. The van der Waals surface area contributed by atoms with Crippen molar-refractivity contribution in [2.24, 2.45) is 0 Å². The first-order chi connectivity index (χ1) is 10.8. The largest absolute Gasteiger partial charge is 0.393 e. The lowest BCUT2D eigenvalue weighted by Gasteiger charge is -2.30. The molecule has 1 fully saturated rings. The quantitative estimate of drug-likeness (QED) is 0.890. The molecule has 0 saturated carbocycles. The maximum absolute atomic E-state index is 9.55. The van der Waals surface area contributed by atoms with Gasteiger partial charge in [0.15, 0.2) is 5.82 Å². The normalized spacial score (nSPS) is 16.2. The van der Waals surface area contributed by atoms with Gasteiger partial charge in [-0.05, 0) is 25.0 Å². The minimum atomic E-state index is -0.181. The average Bonchev–Trinajstić information content (AvgIpc) is 3.03. The molecule has 0 radical (unpaired) electrons. The lowest BCUT2D eigenvalue weighted by atomic mass is 10.1. The van der Waals surface area contributed by atoms with Crippen LogP contribution in [-0.4, -0.2) is 53.1 Å². The highest BCUT2D eigenvalue weighted by atomic mass is 16.5. The maximum Gasteiger partial charge on any atom is 0.259 e. The number of anilines is 1. The Kier molecular flexibility index (Phi) is 4.65. The monoisotopic (exact) mass is 304 g/mol. The molecule has 1 saturated heterocycles. The van der Waals surface area contributed by atoms with Crippen molar-refractivity contribution in [2.45, 2.75) is 25.4 Å². The third-order valence-corrected chi connectivity index (χ3v) is 3.78. The summed E-state index contributed by atoms with van der Waals surface area (Å²) in [6.45, 7) is 2.22. The van der Waals surface area contributed by atoms with Crippen LogP contribution in [0, 0.1) is 0 Å². The van der Waals surface area contributed by atoms with E-state index in [1.54, 1.807) is 13.3 Å². The van der Waals surface area contributed by atoms with Gasteiger partial charge in [-0.1, -0.05) is 5.16 Å². The molecule has 1 aliphatic heterocycles. The number of nitrogens with zero attached hydrogens (tertiary/aromatic N) is 4. The second-order valence-corrected chi connectivity index (χ2v) is 5.38. The summed E-state index contributed by atoms with van der Waals surface area (Å²) in [5, 5.41) is 13.5.